The van der Waals surface area contributed by atoms with E-state index in [-0.39, 0.29) is 5.91 Å². The Morgan fingerprint density at radius 2 is 1.85 bits per heavy atom. The number of carbonyl (C=O) groups excluding carboxylic acids is 1. The number of hydrogen-bond acceptors (Lipinski definition) is 1. The van der Waals surface area contributed by atoms with Crippen molar-refractivity contribution in [3.63, 3.8) is 0 Å². The Bertz CT molecular complexity index is 113. The summed E-state index contributed by atoms with van der Waals surface area (Å²) in [4.78, 5) is 10.6. The maximum absolute atomic E-state index is 10.6. The van der Waals surface area contributed by atoms with Crippen LogP contribution in [0.4, 0.5) is 0 Å². The van der Waals surface area contributed by atoms with Crippen LogP contribution in [0.5, 0.6) is 0 Å². The number of rotatable bonds is 2. The van der Waals surface area contributed by atoms with Gasteiger partial charge < -0.3 is 5.32 Å². The molecule has 1 fully saturated rings. The molecule has 1 unspecified atom stereocenters. The third-order valence-corrected chi connectivity index (χ3v) is 1.72. The average molecular weight is 187 g/mol. The second-order valence-corrected chi connectivity index (χ2v) is 2.59. The van der Waals surface area contributed by atoms with E-state index in [1.165, 1.54) is 6.42 Å². The van der Waals surface area contributed by atoms with E-state index in [2.05, 4.69) is 12.2 Å². The Hall–Kier alpha value is -0.530. The van der Waals surface area contributed by atoms with E-state index in [1.807, 2.05) is 27.7 Å². The van der Waals surface area contributed by atoms with Gasteiger partial charge in [0.2, 0.25) is 5.91 Å². The van der Waals surface area contributed by atoms with Gasteiger partial charge in [-0.05, 0) is 12.8 Å². The van der Waals surface area contributed by atoms with Crippen LogP contribution >= 0.6 is 0 Å². The van der Waals surface area contributed by atoms with Crippen LogP contribution < -0.4 is 5.32 Å². The van der Waals surface area contributed by atoms with Gasteiger partial charge in [-0.25, -0.2) is 0 Å². The van der Waals surface area contributed by atoms with Crippen molar-refractivity contribution < 1.29 is 4.79 Å². The molecule has 2 heteroatoms. The zero-order valence-corrected chi connectivity index (χ0v) is 9.81. The monoisotopic (exact) mass is 187 g/mol. The molecule has 0 saturated carbocycles. The molecular formula is C11H25NO. The molecule has 0 aromatic heterocycles. The maximum atomic E-state index is 10.6. The fraction of sp³-hybridized carbons (Fsp3) is 0.909. The Morgan fingerprint density at radius 3 is 2.15 bits per heavy atom. The van der Waals surface area contributed by atoms with Crippen molar-refractivity contribution in [3.05, 3.63) is 0 Å². The van der Waals surface area contributed by atoms with Crippen LogP contribution in [0.3, 0.4) is 0 Å². The van der Waals surface area contributed by atoms with Crippen LogP contribution in [0.2, 0.25) is 0 Å². The highest BCUT2D eigenvalue weighted by atomic mass is 16.1. The first-order valence-electron chi connectivity index (χ1n) is 5.62. The minimum atomic E-state index is 0.230. The summed E-state index contributed by atoms with van der Waals surface area (Å²) in [5, 5.41) is 2.92. The van der Waals surface area contributed by atoms with Crippen LogP contribution in [-0.4, -0.2) is 11.9 Å². The molecule has 1 amide bonds. The largest absolute Gasteiger partial charge is 0.353 e. The molecule has 1 N–H and O–H groups in total. The zero-order chi connectivity index (χ0) is 10.7. The summed E-state index contributed by atoms with van der Waals surface area (Å²) in [5.41, 5.74) is 0. The molecule has 1 aliphatic heterocycles. The summed E-state index contributed by atoms with van der Waals surface area (Å²) in [6, 6.07) is 0.488. The van der Waals surface area contributed by atoms with Crippen LogP contribution in [0, 0.1) is 0 Å². The first-order valence-corrected chi connectivity index (χ1v) is 5.62. The molecule has 1 heterocycles. The van der Waals surface area contributed by atoms with Gasteiger partial charge in [0.05, 0.1) is 0 Å². The predicted octanol–water partition coefficient (Wildman–Crippen LogP) is 3.12. The summed E-state index contributed by atoms with van der Waals surface area (Å²) >= 11 is 0. The normalized spacial score (nSPS) is 19.2. The molecule has 1 saturated heterocycles. The Labute approximate surface area is 83.1 Å². The lowest BCUT2D eigenvalue weighted by Gasteiger charge is -2.05. The highest BCUT2D eigenvalue weighted by Gasteiger charge is 2.18. The lowest BCUT2D eigenvalue weighted by atomic mass is 10.1. The Balaban J connectivity index is 0. The first-order chi connectivity index (χ1) is 6.33. The molecule has 0 aromatic carbocycles. The first kappa shape index (κ1) is 15.0. The van der Waals surface area contributed by atoms with Gasteiger partial charge in [0.15, 0.2) is 0 Å². The van der Waals surface area contributed by atoms with Gasteiger partial charge in [-0.15, -0.1) is 0 Å². The third kappa shape index (κ3) is 7.82. The summed E-state index contributed by atoms with van der Waals surface area (Å²) in [6.07, 6.45) is 4.11. The van der Waals surface area contributed by atoms with Gasteiger partial charge in [-0.1, -0.05) is 41.0 Å². The van der Waals surface area contributed by atoms with E-state index in [1.54, 1.807) is 0 Å². The fourth-order valence-electron chi connectivity index (χ4n) is 1.24. The van der Waals surface area contributed by atoms with Gasteiger partial charge in [-0.3, -0.25) is 4.79 Å². The highest BCUT2D eigenvalue weighted by Crippen LogP contribution is 2.10. The van der Waals surface area contributed by atoms with Crippen LogP contribution in [0.1, 0.15) is 60.3 Å². The molecule has 2 nitrogen and oxygen atoms in total. The van der Waals surface area contributed by atoms with E-state index < -0.39 is 0 Å². The molecule has 1 atom stereocenters. The Morgan fingerprint density at radius 1 is 1.31 bits per heavy atom. The topological polar surface area (TPSA) is 29.1 Å². The lowest BCUT2D eigenvalue weighted by molar-refractivity contribution is -0.119. The maximum Gasteiger partial charge on any atom is 0.220 e. The second-order valence-electron chi connectivity index (χ2n) is 2.59. The van der Waals surface area contributed by atoms with Crippen LogP contribution in [0.15, 0.2) is 0 Å². The zero-order valence-electron chi connectivity index (χ0n) is 9.81. The van der Waals surface area contributed by atoms with E-state index in [0.29, 0.717) is 6.04 Å². The van der Waals surface area contributed by atoms with Crippen molar-refractivity contribution in [2.24, 2.45) is 0 Å². The van der Waals surface area contributed by atoms with Crippen molar-refractivity contribution >= 4 is 5.91 Å². The van der Waals surface area contributed by atoms with Gasteiger partial charge in [0, 0.05) is 12.5 Å². The van der Waals surface area contributed by atoms with Gasteiger partial charge in [0.1, 0.15) is 0 Å². The fourth-order valence-corrected chi connectivity index (χ4v) is 1.24. The summed E-state index contributed by atoms with van der Waals surface area (Å²) in [7, 11) is 0. The van der Waals surface area contributed by atoms with E-state index >= 15 is 0 Å². The van der Waals surface area contributed by atoms with Gasteiger partial charge >= 0.3 is 0 Å². The third-order valence-electron chi connectivity index (χ3n) is 1.72. The Kier molecular flexibility index (Phi) is 13.2. The number of carbonyl (C=O) groups is 1. The molecule has 0 spiro atoms. The highest BCUT2D eigenvalue weighted by molar-refractivity contribution is 5.78. The lowest BCUT2D eigenvalue weighted by Crippen LogP contribution is -2.24. The molecule has 1 aliphatic rings. The minimum Gasteiger partial charge on any atom is -0.353 e. The predicted molar refractivity (Wildman–Crippen MR) is 58.8 cm³/mol. The van der Waals surface area contributed by atoms with Gasteiger partial charge in [-0.2, -0.15) is 0 Å². The average Bonchev–Trinajstić information content (AvgIpc) is 2.59. The summed E-state index contributed by atoms with van der Waals surface area (Å²) < 4.78 is 0. The minimum absolute atomic E-state index is 0.230. The van der Waals surface area contributed by atoms with Gasteiger partial charge in [0.25, 0.3) is 0 Å². The van der Waals surface area contributed by atoms with E-state index in [0.717, 1.165) is 19.3 Å². The molecule has 0 radical (unpaired) electrons. The SMILES string of the molecule is CC.CC.CCCC1CCC(=O)N1. The molecule has 13 heavy (non-hydrogen) atoms. The molecule has 0 aliphatic carbocycles. The van der Waals surface area contributed by atoms with Crippen molar-refractivity contribution in [2.75, 3.05) is 0 Å². The van der Waals surface area contributed by atoms with E-state index in [9.17, 15) is 4.79 Å². The smallest absolute Gasteiger partial charge is 0.220 e. The van der Waals surface area contributed by atoms with E-state index in [4.69, 9.17) is 0 Å². The van der Waals surface area contributed by atoms with Crippen molar-refractivity contribution in [1.29, 1.82) is 0 Å². The molecular weight excluding hydrogens is 162 g/mol. The summed E-state index contributed by atoms with van der Waals surface area (Å²) in [6.45, 7) is 10.1. The standard InChI is InChI=1S/C7H13NO.2C2H6/c1-2-3-6-4-5-7(9)8-6;2*1-2/h6H,2-5H2,1H3,(H,8,9);2*1-2H3. The quantitative estimate of drug-likeness (QED) is 0.707. The van der Waals surface area contributed by atoms with Crippen LogP contribution in [-0.2, 0) is 4.79 Å². The van der Waals surface area contributed by atoms with Crippen LogP contribution in [0.25, 0.3) is 0 Å². The van der Waals surface area contributed by atoms with Crippen molar-refractivity contribution in [1.82, 2.24) is 5.32 Å². The molecule has 0 bridgehead atoms. The molecule has 80 valence electrons. The van der Waals surface area contributed by atoms with Crippen molar-refractivity contribution in [2.45, 2.75) is 66.3 Å². The van der Waals surface area contributed by atoms with Crippen molar-refractivity contribution in [3.8, 4) is 0 Å². The number of nitrogens with one attached hydrogen (secondary N) is 1. The number of hydrogen-bond donors (Lipinski definition) is 1. The molecule has 0 aromatic rings. The molecule has 1 rings (SSSR count). The number of amides is 1. The second kappa shape index (κ2) is 11.5. The summed E-state index contributed by atoms with van der Waals surface area (Å²) in [5.74, 6) is 0.230.